The third-order valence-electron chi connectivity index (χ3n) is 5.95. The number of halogens is 1. The second-order valence-corrected chi connectivity index (χ2v) is 10.4. The lowest BCUT2D eigenvalue weighted by molar-refractivity contribution is -0.131. The van der Waals surface area contributed by atoms with Gasteiger partial charge in [0.2, 0.25) is 5.91 Å². The van der Waals surface area contributed by atoms with E-state index < -0.39 is 5.41 Å². The van der Waals surface area contributed by atoms with Gasteiger partial charge in [0.25, 0.3) is 0 Å². The second-order valence-electron chi connectivity index (χ2n) is 9.16. The maximum Gasteiger partial charge on any atom is 0.228 e. The molecule has 3 heterocycles. The first-order valence-electron chi connectivity index (χ1n) is 11.6. The molecule has 0 fully saturated rings. The van der Waals surface area contributed by atoms with Gasteiger partial charge in [-0.3, -0.25) is 4.79 Å². The number of rotatable bonds is 9. The molecule has 0 aliphatic heterocycles. The Bertz CT molecular complexity index is 1580. The Labute approximate surface area is 222 Å². The first-order chi connectivity index (χ1) is 17.8. The van der Waals surface area contributed by atoms with Crippen molar-refractivity contribution in [3.05, 3.63) is 66.2 Å². The number of hydrogen-bond acceptors (Lipinski definition) is 8. The number of aliphatic hydroxyl groups excluding tert-OH is 1. The normalized spacial score (nSPS) is 11.7. The fourth-order valence-corrected chi connectivity index (χ4v) is 4.63. The number of carbonyl (C=O) groups excluding carboxylic acids is 1. The highest BCUT2D eigenvalue weighted by atomic mass is 35.5. The van der Waals surface area contributed by atoms with Gasteiger partial charge in [-0.05, 0) is 61.8 Å². The minimum atomic E-state index is -0.836. The van der Waals surface area contributed by atoms with Crippen LogP contribution in [0.3, 0.4) is 0 Å². The number of nitrogens with zero attached hydrogens (tertiary/aromatic N) is 4. The summed E-state index contributed by atoms with van der Waals surface area (Å²) in [6, 6.07) is 13.1. The van der Waals surface area contributed by atoms with Gasteiger partial charge in [-0.15, -0.1) is 0 Å². The fraction of sp³-hybridized carbons (Fsp3) is 0.231. The Hall–Kier alpha value is -3.73. The van der Waals surface area contributed by atoms with Crippen LogP contribution < -0.4 is 15.4 Å². The maximum absolute atomic E-state index is 12.3. The van der Waals surface area contributed by atoms with Crippen molar-refractivity contribution in [2.45, 2.75) is 20.4 Å². The van der Waals surface area contributed by atoms with E-state index >= 15 is 0 Å². The molecule has 190 valence electrons. The molecule has 0 spiro atoms. The number of benzene rings is 2. The summed E-state index contributed by atoms with van der Waals surface area (Å²) in [6.07, 6.45) is 5.22. The lowest BCUT2D eigenvalue weighted by Crippen LogP contribution is -2.40. The lowest BCUT2D eigenvalue weighted by atomic mass is 9.94. The molecule has 5 rings (SSSR count). The number of aliphatic hydroxyl groups is 1. The molecule has 9 nitrogen and oxygen atoms in total. The van der Waals surface area contributed by atoms with Crippen molar-refractivity contribution < 1.29 is 14.6 Å². The summed E-state index contributed by atoms with van der Waals surface area (Å²) in [6.45, 7) is 4.08. The molecule has 0 atom stereocenters. The number of aromatic nitrogens is 4. The number of amides is 1. The molecule has 3 aromatic heterocycles. The van der Waals surface area contributed by atoms with Crippen molar-refractivity contribution in [1.82, 2.24) is 24.2 Å². The molecule has 5 aromatic rings. The maximum atomic E-state index is 12.3. The number of carbonyl (C=O) groups is 1. The van der Waals surface area contributed by atoms with Gasteiger partial charge in [0, 0.05) is 42.6 Å². The van der Waals surface area contributed by atoms with Crippen molar-refractivity contribution in [2.24, 2.45) is 5.41 Å². The molecule has 0 aliphatic rings. The highest BCUT2D eigenvalue weighted by Crippen LogP contribution is 2.34. The summed E-state index contributed by atoms with van der Waals surface area (Å²) in [5.74, 6) is 1.63. The number of fused-ring (bicyclic) bond motifs is 2. The summed E-state index contributed by atoms with van der Waals surface area (Å²) in [5, 5.41) is 17.1. The molecule has 0 unspecified atom stereocenters. The zero-order valence-corrected chi connectivity index (χ0v) is 21.8. The van der Waals surface area contributed by atoms with Crippen LogP contribution >= 0.6 is 23.1 Å². The van der Waals surface area contributed by atoms with Crippen LogP contribution in [0, 0.1) is 5.41 Å². The lowest BCUT2D eigenvalue weighted by Gasteiger charge is -2.20. The monoisotopic (exact) mass is 536 g/mol. The van der Waals surface area contributed by atoms with Gasteiger partial charge in [0.15, 0.2) is 5.82 Å². The van der Waals surface area contributed by atoms with E-state index in [1.807, 2.05) is 47.3 Å². The van der Waals surface area contributed by atoms with E-state index in [4.69, 9.17) is 16.3 Å². The van der Waals surface area contributed by atoms with Gasteiger partial charge in [0.05, 0.1) is 27.3 Å². The highest BCUT2D eigenvalue weighted by Gasteiger charge is 2.26. The average Bonchev–Trinajstić information content (AvgIpc) is 3.53. The van der Waals surface area contributed by atoms with Crippen molar-refractivity contribution in [3.8, 4) is 11.5 Å². The third kappa shape index (κ3) is 5.36. The van der Waals surface area contributed by atoms with Gasteiger partial charge in [-0.1, -0.05) is 11.6 Å². The van der Waals surface area contributed by atoms with Crippen LogP contribution in [-0.4, -0.2) is 43.1 Å². The van der Waals surface area contributed by atoms with Crippen LogP contribution in [0.5, 0.6) is 11.5 Å². The van der Waals surface area contributed by atoms with Crippen LogP contribution in [0.25, 0.3) is 21.1 Å². The van der Waals surface area contributed by atoms with Gasteiger partial charge in [-0.2, -0.15) is 4.37 Å². The topological polar surface area (TPSA) is 114 Å². The minimum absolute atomic E-state index is 0.204. The van der Waals surface area contributed by atoms with Crippen molar-refractivity contribution >= 4 is 61.7 Å². The van der Waals surface area contributed by atoms with Crippen LogP contribution in [-0.2, 0) is 11.3 Å². The summed E-state index contributed by atoms with van der Waals surface area (Å²) in [7, 11) is 0. The third-order valence-corrected chi connectivity index (χ3v) is 7.01. The van der Waals surface area contributed by atoms with E-state index in [1.54, 1.807) is 26.0 Å². The zero-order valence-electron chi connectivity index (χ0n) is 20.2. The molecular formula is C26H25ClN6O3S. The van der Waals surface area contributed by atoms with Gasteiger partial charge in [0.1, 0.15) is 23.3 Å². The van der Waals surface area contributed by atoms with E-state index in [-0.39, 0.29) is 12.5 Å². The minimum Gasteiger partial charge on any atom is -0.456 e. The van der Waals surface area contributed by atoms with E-state index in [0.717, 1.165) is 26.8 Å². The largest absolute Gasteiger partial charge is 0.456 e. The molecule has 1 amide bonds. The Morgan fingerprint density at radius 1 is 1.19 bits per heavy atom. The number of nitrogens with one attached hydrogen (secondary N) is 2. The van der Waals surface area contributed by atoms with Crippen molar-refractivity contribution in [3.63, 3.8) is 0 Å². The van der Waals surface area contributed by atoms with E-state index in [0.29, 0.717) is 35.4 Å². The molecule has 37 heavy (non-hydrogen) atoms. The van der Waals surface area contributed by atoms with Crippen LogP contribution in [0.15, 0.2) is 61.2 Å². The molecule has 0 radical (unpaired) electrons. The molecule has 0 bridgehead atoms. The average molecular weight is 537 g/mol. The molecule has 0 saturated heterocycles. The van der Waals surface area contributed by atoms with E-state index in [1.165, 1.54) is 17.9 Å². The summed E-state index contributed by atoms with van der Waals surface area (Å²) in [4.78, 5) is 21.1. The summed E-state index contributed by atoms with van der Waals surface area (Å²) < 4.78 is 13.2. The quantitative estimate of drug-likeness (QED) is 0.232. The molecule has 11 heteroatoms. The van der Waals surface area contributed by atoms with Crippen LogP contribution in [0.2, 0.25) is 5.02 Å². The predicted octanol–water partition coefficient (Wildman–Crippen LogP) is 5.37. The molecular weight excluding hydrogens is 512 g/mol. The van der Waals surface area contributed by atoms with Crippen molar-refractivity contribution in [1.29, 1.82) is 0 Å². The van der Waals surface area contributed by atoms with E-state index in [9.17, 15) is 9.90 Å². The Balaban J connectivity index is 1.31. The summed E-state index contributed by atoms with van der Waals surface area (Å²) >= 11 is 7.96. The molecule has 0 saturated carbocycles. The molecule has 2 aromatic carbocycles. The highest BCUT2D eigenvalue weighted by molar-refractivity contribution is 7.13. The van der Waals surface area contributed by atoms with Gasteiger partial charge < -0.3 is 25.0 Å². The predicted molar refractivity (Wildman–Crippen MR) is 146 cm³/mol. The first kappa shape index (κ1) is 24.9. The molecule has 3 N–H and O–H groups in total. The SMILES string of the molecule is CC(C)(CO)C(=O)NCCn1ccc2ncnc(Nc3ccc(Oc4ccc5cnsc5c4)c(Cl)c3)c21. The number of anilines is 2. The number of hydrogen-bond donors (Lipinski definition) is 3. The van der Waals surface area contributed by atoms with Gasteiger partial charge >= 0.3 is 0 Å². The Morgan fingerprint density at radius 2 is 2.05 bits per heavy atom. The van der Waals surface area contributed by atoms with Crippen LogP contribution in [0.4, 0.5) is 11.5 Å². The van der Waals surface area contributed by atoms with Gasteiger partial charge in [-0.25, -0.2) is 9.97 Å². The van der Waals surface area contributed by atoms with Crippen LogP contribution in [0.1, 0.15) is 13.8 Å². The van der Waals surface area contributed by atoms with E-state index in [2.05, 4.69) is 25.0 Å². The summed E-state index contributed by atoms with van der Waals surface area (Å²) in [5.41, 5.74) is 1.47. The fourth-order valence-electron chi connectivity index (χ4n) is 3.74. The smallest absolute Gasteiger partial charge is 0.228 e. The Morgan fingerprint density at radius 3 is 2.86 bits per heavy atom. The standard InChI is InChI=1S/C26H25ClN6O3S/c1-26(2,14-34)25(35)28-8-10-33-9-7-20-23(33)24(30-15-29-20)32-17-4-6-21(19(27)11-17)36-18-5-3-16-13-31-37-22(16)12-18/h3-7,9,11-13,15,34H,8,10,14H2,1-2H3,(H,28,35)(H,29,30,32). The van der Waals surface area contributed by atoms with Crippen molar-refractivity contribution in [2.75, 3.05) is 18.5 Å². The zero-order chi connectivity index (χ0) is 26.0. The number of ether oxygens (including phenoxy) is 1. The second kappa shape index (κ2) is 10.3. The first-order valence-corrected chi connectivity index (χ1v) is 12.8. The molecule has 0 aliphatic carbocycles. The Kier molecular flexibility index (Phi) is 6.96.